The van der Waals surface area contributed by atoms with E-state index in [1.807, 2.05) is 6.92 Å². The van der Waals surface area contributed by atoms with Gasteiger partial charge in [-0.05, 0) is 42.0 Å². The van der Waals surface area contributed by atoms with E-state index in [9.17, 15) is 28.9 Å². The molecular formula is C29H27FN10O7. The Balaban J connectivity index is 0.000000189. The molecule has 0 aliphatic rings. The lowest BCUT2D eigenvalue weighted by molar-refractivity contribution is -0.389. The second-order valence-corrected chi connectivity index (χ2v) is 9.50. The number of hydrogen-bond donors (Lipinski definition) is 2. The van der Waals surface area contributed by atoms with Crippen molar-refractivity contribution in [2.45, 2.75) is 20.4 Å². The Kier molecular flexibility index (Phi) is 10.6. The summed E-state index contributed by atoms with van der Waals surface area (Å²) in [5.41, 5.74) is 3.66. The van der Waals surface area contributed by atoms with Gasteiger partial charge in [-0.15, -0.1) is 0 Å². The fourth-order valence-electron chi connectivity index (χ4n) is 4.03. The van der Waals surface area contributed by atoms with Crippen molar-refractivity contribution in [2.24, 2.45) is 0 Å². The number of esters is 2. The number of aromatic nitrogens is 8. The third kappa shape index (κ3) is 8.12. The molecule has 5 aromatic heterocycles. The van der Waals surface area contributed by atoms with Gasteiger partial charge in [0.25, 0.3) is 5.91 Å². The molecule has 0 radical (unpaired) electrons. The van der Waals surface area contributed by atoms with Crippen LogP contribution in [0.3, 0.4) is 0 Å². The van der Waals surface area contributed by atoms with E-state index in [0.717, 1.165) is 17.5 Å². The third-order valence-corrected chi connectivity index (χ3v) is 6.28. The molecule has 5 heterocycles. The molecule has 242 valence electrons. The van der Waals surface area contributed by atoms with Gasteiger partial charge in [-0.2, -0.15) is 0 Å². The number of benzene rings is 1. The van der Waals surface area contributed by atoms with E-state index >= 15 is 0 Å². The van der Waals surface area contributed by atoms with E-state index in [-0.39, 0.29) is 29.6 Å². The van der Waals surface area contributed by atoms with Gasteiger partial charge in [-0.1, -0.05) is 12.1 Å². The Bertz CT molecular complexity index is 2060. The highest BCUT2D eigenvalue weighted by Gasteiger charge is 2.17. The number of carbonyl (C=O) groups is 3. The summed E-state index contributed by atoms with van der Waals surface area (Å²) in [4.78, 5) is 66.9. The van der Waals surface area contributed by atoms with Gasteiger partial charge in [-0.3, -0.25) is 13.6 Å². The number of methoxy groups -OCH3 is 2. The number of aromatic amines is 1. The lowest BCUT2D eigenvalue weighted by Crippen LogP contribution is -2.25. The van der Waals surface area contributed by atoms with E-state index in [1.165, 1.54) is 55.9 Å². The molecule has 18 heteroatoms. The minimum absolute atomic E-state index is 0.0623. The number of ether oxygens (including phenoxy) is 2. The van der Waals surface area contributed by atoms with Crippen LogP contribution in [0, 0.1) is 29.8 Å². The average Bonchev–Trinajstić information content (AvgIpc) is 3.86. The van der Waals surface area contributed by atoms with E-state index in [0.29, 0.717) is 22.6 Å². The van der Waals surface area contributed by atoms with Gasteiger partial charge >= 0.3 is 17.8 Å². The summed E-state index contributed by atoms with van der Waals surface area (Å²) < 4.78 is 25.7. The zero-order chi connectivity index (χ0) is 34.1. The van der Waals surface area contributed by atoms with Gasteiger partial charge in [0, 0.05) is 18.3 Å². The fourth-order valence-corrected chi connectivity index (χ4v) is 4.03. The number of nitrogens with zero attached hydrogens (tertiary/aromatic N) is 8. The summed E-state index contributed by atoms with van der Waals surface area (Å²) in [5, 5.41) is 12.5. The third-order valence-electron chi connectivity index (χ3n) is 6.28. The number of halogens is 1. The standard InChI is InChI=1S/C17H15FN4O3.C9H9N3O2.C3H3N3O2/c1-10-5-11(3-4-12(10)18)7-20-16(23)13-6-14(17(24)25-2)22-9-19-8-15(22)21-13;1-6-3-7(9(13)14-2)12-5-10-4-8(12)11-6;7-6(8)3-1-4-2-5-3/h3-6,8-9H,7H2,1-2H3,(H,20,23);3-5H,1-2H3;1-2H,(H,4,5). The number of H-pyrrole nitrogens is 1. The van der Waals surface area contributed by atoms with Gasteiger partial charge in [0.05, 0.1) is 26.6 Å². The van der Waals surface area contributed by atoms with Gasteiger partial charge in [0.2, 0.25) is 0 Å². The first-order valence-corrected chi connectivity index (χ1v) is 13.5. The van der Waals surface area contributed by atoms with Crippen molar-refractivity contribution >= 4 is 35.0 Å². The number of nitrogens with one attached hydrogen (secondary N) is 2. The second-order valence-electron chi connectivity index (χ2n) is 9.50. The molecule has 0 aliphatic carbocycles. The first kappa shape index (κ1) is 33.3. The number of rotatable bonds is 6. The van der Waals surface area contributed by atoms with Gasteiger partial charge in [-0.25, -0.2) is 43.9 Å². The van der Waals surface area contributed by atoms with Crippen molar-refractivity contribution in [3.63, 3.8) is 0 Å². The molecule has 0 atom stereocenters. The van der Waals surface area contributed by atoms with Crippen LogP contribution < -0.4 is 5.32 Å². The summed E-state index contributed by atoms with van der Waals surface area (Å²) in [5.74, 6) is -1.83. The van der Waals surface area contributed by atoms with Crippen LogP contribution in [0.4, 0.5) is 10.2 Å². The van der Waals surface area contributed by atoms with Crippen molar-refractivity contribution in [2.75, 3.05) is 14.2 Å². The second kappa shape index (κ2) is 14.9. The summed E-state index contributed by atoms with van der Waals surface area (Å²) in [6.07, 6.45) is 8.40. The van der Waals surface area contributed by atoms with Crippen LogP contribution >= 0.6 is 0 Å². The number of imidazole rings is 3. The van der Waals surface area contributed by atoms with Crippen LogP contribution in [0.5, 0.6) is 0 Å². The lowest BCUT2D eigenvalue weighted by Gasteiger charge is -2.08. The molecule has 1 amide bonds. The predicted molar refractivity (Wildman–Crippen MR) is 161 cm³/mol. The van der Waals surface area contributed by atoms with Crippen LogP contribution in [-0.2, 0) is 16.0 Å². The molecule has 17 nitrogen and oxygen atoms in total. The van der Waals surface area contributed by atoms with Crippen LogP contribution in [0.1, 0.15) is 48.3 Å². The van der Waals surface area contributed by atoms with Crippen LogP contribution in [0.25, 0.3) is 11.3 Å². The molecule has 0 spiro atoms. The maximum atomic E-state index is 13.3. The molecule has 47 heavy (non-hydrogen) atoms. The Labute approximate surface area is 264 Å². The highest BCUT2D eigenvalue weighted by Crippen LogP contribution is 2.12. The summed E-state index contributed by atoms with van der Waals surface area (Å²) in [6, 6.07) is 7.61. The van der Waals surface area contributed by atoms with Gasteiger partial charge in [0.1, 0.15) is 41.8 Å². The maximum Gasteiger partial charge on any atom is 0.355 e. The van der Waals surface area contributed by atoms with E-state index < -0.39 is 22.8 Å². The Morgan fingerprint density at radius 3 is 2.06 bits per heavy atom. The van der Waals surface area contributed by atoms with Crippen molar-refractivity contribution < 1.29 is 33.2 Å². The Morgan fingerprint density at radius 2 is 1.53 bits per heavy atom. The fraction of sp³-hybridized carbons (Fsp3) is 0.172. The monoisotopic (exact) mass is 646 g/mol. The molecular weight excluding hydrogens is 619 g/mol. The number of carbonyl (C=O) groups excluding carboxylic acids is 3. The van der Waals surface area contributed by atoms with E-state index in [4.69, 9.17) is 4.74 Å². The summed E-state index contributed by atoms with van der Waals surface area (Å²) in [7, 11) is 2.60. The topological polar surface area (TPSA) is 214 Å². The Morgan fingerprint density at radius 1 is 0.915 bits per heavy atom. The zero-order valence-corrected chi connectivity index (χ0v) is 25.4. The lowest BCUT2D eigenvalue weighted by atomic mass is 10.1. The van der Waals surface area contributed by atoms with Gasteiger partial charge < -0.3 is 24.9 Å². The summed E-state index contributed by atoms with van der Waals surface area (Å²) >= 11 is 0. The highest BCUT2D eigenvalue weighted by molar-refractivity contribution is 5.96. The van der Waals surface area contributed by atoms with Crippen LogP contribution in [0.2, 0.25) is 0 Å². The van der Waals surface area contributed by atoms with Crippen LogP contribution in [0.15, 0.2) is 67.9 Å². The number of aryl methyl sites for hydroxylation is 2. The number of hydrogen-bond acceptors (Lipinski definition) is 12. The van der Waals surface area contributed by atoms with Crippen molar-refractivity contribution in [3.05, 3.63) is 118 Å². The molecule has 1 aromatic carbocycles. The van der Waals surface area contributed by atoms with Crippen molar-refractivity contribution in [1.29, 1.82) is 0 Å². The van der Waals surface area contributed by atoms with Gasteiger partial charge in [0.15, 0.2) is 17.6 Å². The smallest absolute Gasteiger partial charge is 0.355 e. The van der Waals surface area contributed by atoms with Crippen molar-refractivity contribution in [1.82, 2.24) is 44.0 Å². The molecule has 0 aliphatic heterocycles. The maximum absolute atomic E-state index is 13.3. The number of nitro groups is 1. The molecule has 0 fully saturated rings. The molecule has 0 bridgehead atoms. The SMILES string of the molecule is COC(=O)c1cc(C(=O)NCc2ccc(F)c(C)c2)nc2cncn12.COC(=O)c1cc(C)nc2cncn12.O=[N+]([O-])c1cnc[nH]1. The Hall–Kier alpha value is -6.59. The largest absolute Gasteiger partial charge is 0.464 e. The molecule has 6 rings (SSSR count). The normalized spacial score (nSPS) is 10.3. The number of amides is 1. The predicted octanol–water partition coefficient (Wildman–Crippen LogP) is 3.04. The zero-order valence-electron chi connectivity index (χ0n) is 25.4. The van der Waals surface area contributed by atoms with E-state index in [1.54, 1.807) is 35.7 Å². The van der Waals surface area contributed by atoms with Crippen molar-refractivity contribution in [3.8, 4) is 0 Å². The van der Waals surface area contributed by atoms with Crippen LogP contribution in [-0.4, -0.2) is 75.7 Å². The molecule has 0 unspecified atom stereocenters. The molecule has 0 saturated carbocycles. The minimum atomic E-state index is -0.603. The van der Waals surface area contributed by atoms with E-state index in [2.05, 4.69) is 40.0 Å². The molecule has 0 saturated heterocycles. The summed E-state index contributed by atoms with van der Waals surface area (Å²) in [6.45, 7) is 3.68. The highest BCUT2D eigenvalue weighted by atomic mass is 19.1. The minimum Gasteiger partial charge on any atom is -0.464 e. The molecule has 6 aromatic rings. The first-order valence-electron chi connectivity index (χ1n) is 13.5. The first-order chi connectivity index (χ1) is 22.5. The quantitative estimate of drug-likeness (QED) is 0.152. The average molecular weight is 647 g/mol. The molecule has 2 N–H and O–H groups in total. The number of fused-ring (bicyclic) bond motifs is 2.